The summed E-state index contributed by atoms with van der Waals surface area (Å²) in [7, 11) is 0. The molecular formula is C18H13Cl2IN2O. The maximum atomic E-state index is 12.7. The largest absolute Gasteiger partial charge is 0.293 e. The van der Waals surface area contributed by atoms with Gasteiger partial charge in [0, 0.05) is 20.2 Å². The van der Waals surface area contributed by atoms with Crippen LogP contribution in [0.25, 0.3) is 23.1 Å². The van der Waals surface area contributed by atoms with Gasteiger partial charge >= 0.3 is 0 Å². The Balaban J connectivity index is 2.13. The summed E-state index contributed by atoms with van der Waals surface area (Å²) in [5, 5.41) is 1.77. The summed E-state index contributed by atoms with van der Waals surface area (Å²) in [5.41, 5.74) is 1.47. The van der Waals surface area contributed by atoms with E-state index in [0.717, 1.165) is 9.13 Å². The van der Waals surface area contributed by atoms with Crippen molar-refractivity contribution in [3.05, 3.63) is 71.8 Å². The molecule has 6 heteroatoms. The zero-order valence-electron chi connectivity index (χ0n) is 12.8. The summed E-state index contributed by atoms with van der Waals surface area (Å²) in [4.78, 5) is 17.3. The van der Waals surface area contributed by atoms with Crippen molar-refractivity contribution in [2.24, 2.45) is 0 Å². The smallest absolute Gasteiger partial charge is 0.261 e. The molecule has 0 amide bonds. The standard InChI is InChI=1S/C18H13Cl2IN2O/c1-2-23-17(8-4-11-3-5-12(19)9-15(11)20)22-16-7-6-13(21)10-14(16)18(23)24/h3-10H,2H2,1H3. The number of benzene rings is 2. The van der Waals surface area contributed by atoms with Crippen molar-refractivity contribution in [1.82, 2.24) is 9.55 Å². The Morgan fingerprint density at radius 3 is 2.67 bits per heavy atom. The second-order valence-corrected chi connectivity index (χ2v) is 7.27. The minimum absolute atomic E-state index is 0.0390. The van der Waals surface area contributed by atoms with Crippen LogP contribution < -0.4 is 5.56 Å². The number of nitrogens with zero attached hydrogens (tertiary/aromatic N) is 2. The topological polar surface area (TPSA) is 34.9 Å². The first-order valence-electron chi connectivity index (χ1n) is 7.33. The molecule has 0 spiro atoms. The van der Waals surface area contributed by atoms with Crippen LogP contribution in [0.3, 0.4) is 0 Å². The molecule has 0 radical (unpaired) electrons. The van der Waals surface area contributed by atoms with Gasteiger partial charge in [0.05, 0.1) is 10.9 Å². The third kappa shape index (κ3) is 3.50. The second kappa shape index (κ2) is 7.25. The van der Waals surface area contributed by atoms with E-state index < -0.39 is 0 Å². The Kier molecular flexibility index (Phi) is 5.27. The van der Waals surface area contributed by atoms with Crippen LogP contribution in [0, 0.1) is 3.57 Å². The molecule has 0 atom stereocenters. The monoisotopic (exact) mass is 470 g/mol. The predicted molar refractivity (Wildman–Crippen MR) is 110 cm³/mol. The molecule has 0 aliphatic carbocycles. The summed E-state index contributed by atoms with van der Waals surface area (Å²) >= 11 is 14.3. The molecule has 0 saturated heterocycles. The van der Waals surface area contributed by atoms with Crippen LogP contribution in [-0.4, -0.2) is 9.55 Å². The van der Waals surface area contributed by atoms with Crippen LogP contribution in [-0.2, 0) is 6.54 Å². The van der Waals surface area contributed by atoms with Crippen LogP contribution in [0.4, 0.5) is 0 Å². The first-order chi connectivity index (χ1) is 11.5. The van der Waals surface area contributed by atoms with Crippen LogP contribution >= 0.6 is 45.8 Å². The van der Waals surface area contributed by atoms with E-state index in [1.807, 2.05) is 37.3 Å². The maximum Gasteiger partial charge on any atom is 0.261 e. The molecule has 2 aromatic carbocycles. The molecule has 1 heterocycles. The number of fused-ring (bicyclic) bond motifs is 1. The van der Waals surface area contributed by atoms with Gasteiger partial charge in [-0.05, 0) is 77.6 Å². The van der Waals surface area contributed by atoms with E-state index in [4.69, 9.17) is 23.2 Å². The second-order valence-electron chi connectivity index (χ2n) is 5.18. The quantitative estimate of drug-likeness (QED) is 0.474. The van der Waals surface area contributed by atoms with E-state index in [1.165, 1.54) is 0 Å². The zero-order valence-corrected chi connectivity index (χ0v) is 16.4. The minimum Gasteiger partial charge on any atom is -0.293 e. The average Bonchev–Trinajstić information content (AvgIpc) is 2.55. The Labute approximate surface area is 163 Å². The molecule has 0 fully saturated rings. The molecule has 3 rings (SSSR count). The molecule has 1 aromatic heterocycles. The van der Waals surface area contributed by atoms with E-state index >= 15 is 0 Å². The van der Waals surface area contributed by atoms with Crippen LogP contribution in [0.15, 0.2) is 41.2 Å². The van der Waals surface area contributed by atoms with E-state index in [0.29, 0.717) is 33.3 Å². The van der Waals surface area contributed by atoms with Crippen molar-refractivity contribution < 1.29 is 0 Å². The van der Waals surface area contributed by atoms with Crippen molar-refractivity contribution in [2.45, 2.75) is 13.5 Å². The predicted octanol–water partition coefficient (Wildman–Crippen LogP) is 5.50. The highest BCUT2D eigenvalue weighted by molar-refractivity contribution is 14.1. The Morgan fingerprint density at radius 1 is 1.17 bits per heavy atom. The van der Waals surface area contributed by atoms with Gasteiger partial charge in [-0.2, -0.15) is 0 Å². The van der Waals surface area contributed by atoms with E-state index in [2.05, 4.69) is 27.6 Å². The van der Waals surface area contributed by atoms with Gasteiger partial charge in [-0.15, -0.1) is 0 Å². The lowest BCUT2D eigenvalue weighted by Gasteiger charge is -2.09. The third-order valence-corrected chi connectivity index (χ3v) is 4.87. The highest BCUT2D eigenvalue weighted by Gasteiger charge is 2.08. The Bertz CT molecular complexity index is 1010. The lowest BCUT2D eigenvalue weighted by Crippen LogP contribution is -2.23. The summed E-state index contributed by atoms with van der Waals surface area (Å²) < 4.78 is 2.66. The molecule has 3 nitrogen and oxygen atoms in total. The molecule has 3 aromatic rings. The first-order valence-corrected chi connectivity index (χ1v) is 9.16. The van der Waals surface area contributed by atoms with Crippen molar-refractivity contribution >= 4 is 68.8 Å². The molecule has 0 aliphatic rings. The normalized spacial score (nSPS) is 11.5. The third-order valence-electron chi connectivity index (χ3n) is 3.64. The van der Waals surface area contributed by atoms with Crippen LogP contribution in [0.1, 0.15) is 18.3 Å². The molecular weight excluding hydrogens is 458 g/mol. The van der Waals surface area contributed by atoms with Gasteiger partial charge in [0.15, 0.2) is 0 Å². The van der Waals surface area contributed by atoms with Gasteiger partial charge in [0.1, 0.15) is 5.82 Å². The SMILES string of the molecule is CCn1c(C=Cc2ccc(Cl)cc2Cl)nc2ccc(I)cc2c1=O. The van der Waals surface area contributed by atoms with Crippen molar-refractivity contribution in [1.29, 1.82) is 0 Å². The lowest BCUT2D eigenvalue weighted by molar-refractivity contribution is 0.708. The highest BCUT2D eigenvalue weighted by Crippen LogP contribution is 2.23. The van der Waals surface area contributed by atoms with Gasteiger partial charge in [-0.3, -0.25) is 9.36 Å². The van der Waals surface area contributed by atoms with Crippen LogP contribution in [0.5, 0.6) is 0 Å². The zero-order chi connectivity index (χ0) is 17.3. The van der Waals surface area contributed by atoms with Gasteiger partial charge < -0.3 is 0 Å². The van der Waals surface area contributed by atoms with Gasteiger partial charge in [0.2, 0.25) is 0 Å². The molecule has 122 valence electrons. The minimum atomic E-state index is -0.0390. The van der Waals surface area contributed by atoms with Crippen molar-refractivity contribution in [3.8, 4) is 0 Å². The summed E-state index contributed by atoms with van der Waals surface area (Å²) in [6.07, 6.45) is 3.64. The van der Waals surface area contributed by atoms with Crippen molar-refractivity contribution in [2.75, 3.05) is 0 Å². The number of rotatable bonds is 3. The number of hydrogen-bond donors (Lipinski definition) is 0. The molecule has 0 aliphatic heterocycles. The van der Waals surface area contributed by atoms with Gasteiger partial charge in [-0.25, -0.2) is 4.98 Å². The fraction of sp³-hybridized carbons (Fsp3) is 0.111. The summed E-state index contributed by atoms with van der Waals surface area (Å²) in [6.45, 7) is 2.47. The van der Waals surface area contributed by atoms with E-state index in [1.54, 1.807) is 22.8 Å². The van der Waals surface area contributed by atoms with Crippen LogP contribution in [0.2, 0.25) is 10.0 Å². The Morgan fingerprint density at radius 2 is 1.96 bits per heavy atom. The van der Waals surface area contributed by atoms with Gasteiger partial charge in [-0.1, -0.05) is 29.3 Å². The fourth-order valence-electron chi connectivity index (χ4n) is 2.44. The fourth-order valence-corrected chi connectivity index (χ4v) is 3.41. The van der Waals surface area contributed by atoms with Crippen molar-refractivity contribution in [3.63, 3.8) is 0 Å². The highest BCUT2D eigenvalue weighted by atomic mass is 127. The first kappa shape index (κ1) is 17.5. The number of hydrogen-bond acceptors (Lipinski definition) is 2. The molecule has 24 heavy (non-hydrogen) atoms. The Hall–Kier alpha value is -1.37. The lowest BCUT2D eigenvalue weighted by atomic mass is 10.2. The molecule has 0 N–H and O–H groups in total. The van der Waals surface area contributed by atoms with Gasteiger partial charge in [0.25, 0.3) is 5.56 Å². The maximum absolute atomic E-state index is 12.7. The molecule has 0 bridgehead atoms. The van der Waals surface area contributed by atoms with E-state index in [9.17, 15) is 4.79 Å². The molecule has 0 saturated carbocycles. The summed E-state index contributed by atoms with van der Waals surface area (Å²) in [6, 6.07) is 11.0. The van der Waals surface area contributed by atoms with E-state index in [-0.39, 0.29) is 5.56 Å². The summed E-state index contributed by atoms with van der Waals surface area (Å²) in [5.74, 6) is 0.599. The molecule has 0 unspecified atom stereocenters. The average molecular weight is 471 g/mol. The number of halogens is 3. The number of aromatic nitrogens is 2.